The minimum atomic E-state index is -4.96. The van der Waals surface area contributed by atoms with Crippen molar-refractivity contribution in [2.45, 2.75) is 52.2 Å². The molecule has 0 saturated carbocycles. The van der Waals surface area contributed by atoms with Gasteiger partial charge in [-0.2, -0.15) is 26.3 Å². The van der Waals surface area contributed by atoms with E-state index in [4.69, 9.17) is 9.57 Å². The fraction of sp³-hybridized carbons (Fsp3) is 0.684. The van der Waals surface area contributed by atoms with E-state index < -0.39 is 51.5 Å². The maximum atomic E-state index is 12.4. The highest BCUT2D eigenvalue weighted by Gasteiger charge is 2.39. The summed E-state index contributed by atoms with van der Waals surface area (Å²) in [6.45, 7) is 1.40. The van der Waals surface area contributed by atoms with Gasteiger partial charge in [0.2, 0.25) is 0 Å². The van der Waals surface area contributed by atoms with Crippen LogP contribution in [0.25, 0.3) is 11.2 Å². The van der Waals surface area contributed by atoms with E-state index in [1.807, 2.05) is 13.8 Å². The predicted molar refractivity (Wildman–Crippen MR) is 115 cm³/mol. The molecule has 0 radical (unpaired) electrons. The van der Waals surface area contributed by atoms with E-state index in [0.717, 1.165) is 6.33 Å². The smallest absolute Gasteiger partial charge is 0.364 e. The summed E-state index contributed by atoms with van der Waals surface area (Å²) >= 11 is 0. The first-order valence-electron chi connectivity index (χ1n) is 10.8. The number of alkyl halides is 6. The number of hydroxylamine groups is 1. The molecule has 2 aromatic heterocycles. The van der Waals surface area contributed by atoms with Crippen molar-refractivity contribution in [2.24, 2.45) is 5.92 Å². The van der Waals surface area contributed by atoms with Crippen LogP contribution in [0.15, 0.2) is 12.7 Å². The predicted octanol–water partition coefficient (Wildman–Crippen LogP) is 4.25. The second-order valence-corrected chi connectivity index (χ2v) is 10.2. The largest absolute Gasteiger partial charge is 0.412 e. The molecule has 37 heavy (non-hydrogen) atoms. The van der Waals surface area contributed by atoms with Gasteiger partial charge >= 0.3 is 19.9 Å². The summed E-state index contributed by atoms with van der Waals surface area (Å²) in [6, 6.07) is 0. The van der Waals surface area contributed by atoms with E-state index in [1.165, 1.54) is 17.8 Å². The number of aromatic nitrogens is 4. The first-order chi connectivity index (χ1) is 17.1. The van der Waals surface area contributed by atoms with Crippen LogP contribution in [0, 0.1) is 5.92 Å². The monoisotopic (exact) mass is 565 g/mol. The molecule has 2 rings (SSSR count). The molecule has 1 amide bonds. The molecule has 0 spiro atoms. The highest BCUT2D eigenvalue weighted by molar-refractivity contribution is 7.53. The van der Waals surface area contributed by atoms with Crippen molar-refractivity contribution in [3.63, 3.8) is 0 Å². The van der Waals surface area contributed by atoms with Gasteiger partial charge in [0.25, 0.3) is 5.91 Å². The lowest BCUT2D eigenvalue weighted by Gasteiger charge is -2.22. The third-order valence-electron chi connectivity index (χ3n) is 4.40. The number of nitrogens with zero attached hydrogens (tertiary/aromatic N) is 4. The number of rotatable bonds is 14. The second-order valence-electron chi connectivity index (χ2n) is 8.25. The Kier molecular flexibility index (Phi) is 10.8. The normalized spacial score (nSPS) is 13.9. The summed E-state index contributed by atoms with van der Waals surface area (Å²) in [5.74, 6) is -0.306. The lowest BCUT2D eigenvalue weighted by molar-refractivity contribution is -0.166. The van der Waals surface area contributed by atoms with Crippen LogP contribution in [0.1, 0.15) is 37.7 Å². The fourth-order valence-corrected chi connectivity index (χ4v) is 3.99. The van der Waals surface area contributed by atoms with Crippen LogP contribution in [0.4, 0.5) is 26.3 Å². The average molecular weight is 565 g/mol. The Morgan fingerprint density at radius 1 is 1.05 bits per heavy atom. The van der Waals surface area contributed by atoms with Crippen molar-refractivity contribution in [2.75, 3.05) is 26.2 Å². The molecule has 2 aromatic rings. The number of hydrogen-bond donors (Lipinski definition) is 1. The molecule has 0 bridgehead atoms. The van der Waals surface area contributed by atoms with Gasteiger partial charge in [-0.15, -0.1) is 0 Å². The molecule has 1 N–H and O–H groups in total. The third-order valence-corrected chi connectivity index (χ3v) is 5.91. The van der Waals surface area contributed by atoms with Crippen LogP contribution >= 0.6 is 7.60 Å². The Morgan fingerprint density at radius 3 is 2.24 bits per heavy atom. The lowest BCUT2D eigenvalue weighted by Crippen LogP contribution is -2.26. The van der Waals surface area contributed by atoms with Crippen LogP contribution in [0.2, 0.25) is 0 Å². The van der Waals surface area contributed by atoms with Crippen molar-refractivity contribution in [1.29, 1.82) is 0 Å². The van der Waals surface area contributed by atoms with Gasteiger partial charge in [0, 0.05) is 0 Å². The highest BCUT2D eigenvalue weighted by Crippen LogP contribution is 2.50. The minimum Gasteiger partial charge on any atom is -0.364 e. The van der Waals surface area contributed by atoms with Crippen molar-refractivity contribution < 1.29 is 54.3 Å². The number of hydrogen-bond acceptors (Lipinski definition) is 9. The Labute approximate surface area is 207 Å². The minimum absolute atomic E-state index is 0.0853. The van der Waals surface area contributed by atoms with E-state index in [1.54, 1.807) is 0 Å². The molecule has 0 aliphatic carbocycles. The lowest BCUT2D eigenvalue weighted by atomic mass is 10.1. The quantitative estimate of drug-likeness (QED) is 0.155. The van der Waals surface area contributed by atoms with Gasteiger partial charge in [0.1, 0.15) is 18.2 Å². The zero-order valence-corrected chi connectivity index (χ0v) is 20.9. The fourth-order valence-electron chi connectivity index (χ4n) is 2.64. The summed E-state index contributed by atoms with van der Waals surface area (Å²) in [4.78, 5) is 29.5. The number of nitrogens with one attached hydrogen (secondary N) is 1. The molecule has 0 unspecified atom stereocenters. The Morgan fingerprint density at radius 2 is 1.68 bits per heavy atom. The molecule has 2 heterocycles. The standard InChI is InChI=1S/C19H26F6N5O6P/c1-12(2)4-5-34-29-17(31)15-14-16(27-9-26-15)30(10-28-14)6-13(3)33-11-37(32,35-7-18(20,21)22)36-8-19(23,24)25/h9-10,12-13H,4-8,11H2,1-3H3,(H,29,31)/t13-/m1/s1. The van der Waals surface area contributed by atoms with Crippen LogP contribution < -0.4 is 5.48 Å². The summed E-state index contributed by atoms with van der Waals surface area (Å²) in [5, 5.41) is 0. The molecule has 18 heteroatoms. The molecular formula is C19H26F6N5O6P. The number of fused-ring (bicyclic) bond motifs is 1. The Balaban J connectivity index is 2.04. The molecule has 0 fully saturated rings. The van der Waals surface area contributed by atoms with Crippen LogP contribution in [-0.4, -0.2) is 70.1 Å². The van der Waals surface area contributed by atoms with Crippen molar-refractivity contribution >= 4 is 24.7 Å². The molecule has 11 nitrogen and oxygen atoms in total. The van der Waals surface area contributed by atoms with Crippen LogP contribution in [-0.2, 0) is 29.7 Å². The summed E-state index contributed by atoms with van der Waals surface area (Å²) < 4.78 is 102. The Bertz CT molecular complexity index is 1060. The SMILES string of the molecule is CC(C)CCONC(=O)c1ncnc2c1ncn2C[C@@H](C)OCP(=O)(OCC(F)(F)F)OCC(F)(F)F. The zero-order valence-electron chi connectivity index (χ0n) is 20.0. The highest BCUT2D eigenvalue weighted by atomic mass is 31.2. The van der Waals surface area contributed by atoms with Crippen molar-refractivity contribution in [3.8, 4) is 0 Å². The number of carbonyl (C=O) groups excluding carboxylic acids is 1. The molecule has 0 aliphatic heterocycles. The maximum absolute atomic E-state index is 12.4. The van der Waals surface area contributed by atoms with Gasteiger partial charge in [-0.05, 0) is 19.3 Å². The third kappa shape index (κ3) is 10.9. The van der Waals surface area contributed by atoms with Crippen molar-refractivity contribution in [3.05, 3.63) is 18.3 Å². The van der Waals surface area contributed by atoms with E-state index in [-0.39, 0.29) is 30.0 Å². The van der Waals surface area contributed by atoms with E-state index in [9.17, 15) is 35.7 Å². The van der Waals surface area contributed by atoms with E-state index >= 15 is 0 Å². The van der Waals surface area contributed by atoms with Gasteiger partial charge in [-0.25, -0.2) is 20.4 Å². The zero-order chi connectivity index (χ0) is 27.9. The molecule has 1 atom stereocenters. The van der Waals surface area contributed by atoms with Crippen molar-refractivity contribution in [1.82, 2.24) is 25.0 Å². The molecular weight excluding hydrogens is 539 g/mol. The first kappa shape index (κ1) is 30.9. The van der Waals surface area contributed by atoms with Gasteiger partial charge in [0.15, 0.2) is 24.6 Å². The van der Waals surface area contributed by atoms with Crippen LogP contribution in [0.5, 0.6) is 0 Å². The van der Waals surface area contributed by atoms with E-state index in [0.29, 0.717) is 12.3 Å². The van der Waals surface area contributed by atoms with E-state index in [2.05, 4.69) is 29.5 Å². The number of carbonyl (C=O) groups is 1. The second kappa shape index (κ2) is 13.0. The van der Waals surface area contributed by atoms with Gasteiger partial charge in [-0.3, -0.25) is 23.2 Å². The molecule has 0 saturated heterocycles. The van der Waals surface area contributed by atoms with Crippen LogP contribution in [0.3, 0.4) is 0 Å². The summed E-state index contributed by atoms with van der Waals surface area (Å²) in [6.07, 6.45) is -8.94. The molecule has 210 valence electrons. The van der Waals surface area contributed by atoms with Gasteiger partial charge in [0.05, 0.1) is 25.6 Å². The first-order valence-corrected chi connectivity index (χ1v) is 12.5. The summed E-state index contributed by atoms with van der Waals surface area (Å²) in [7, 11) is -4.92. The number of amides is 1. The number of halogens is 6. The molecule has 0 aromatic carbocycles. The average Bonchev–Trinajstić information content (AvgIpc) is 3.20. The Hall–Kier alpha value is -2.33. The molecule has 0 aliphatic rings. The van der Waals surface area contributed by atoms with Gasteiger partial charge < -0.3 is 9.30 Å². The van der Waals surface area contributed by atoms with Gasteiger partial charge in [-0.1, -0.05) is 13.8 Å². The summed E-state index contributed by atoms with van der Waals surface area (Å²) in [5.41, 5.74) is 2.45. The topological polar surface area (TPSA) is 127 Å². The maximum Gasteiger partial charge on any atom is 0.412 e. The number of imidazole rings is 1. The number of ether oxygens (including phenoxy) is 1.